The minimum Gasteiger partial charge on any atom is -0.480 e. The number of aromatic nitrogens is 1. The predicted molar refractivity (Wildman–Crippen MR) is 87.6 cm³/mol. The van der Waals surface area contributed by atoms with Gasteiger partial charge in [-0.15, -0.1) is 0 Å². The van der Waals surface area contributed by atoms with E-state index in [-0.39, 0.29) is 5.92 Å². The van der Waals surface area contributed by atoms with Crippen LogP contribution in [0.3, 0.4) is 0 Å². The van der Waals surface area contributed by atoms with E-state index in [9.17, 15) is 14.7 Å². The standard InChI is InChI=1S/C17H20N2O4/c1-10(2)8-14(16(20)21)19-15-13-9-12(17(22)23-3)5-4-11(13)6-7-18-15/h4-7,9-10,14H,8H2,1-3H3,(H,18,19)(H,20,21). The minimum absolute atomic E-state index is 0.226. The van der Waals surface area contributed by atoms with Gasteiger partial charge in [0.2, 0.25) is 0 Å². The van der Waals surface area contributed by atoms with Gasteiger partial charge in [-0.25, -0.2) is 14.6 Å². The fourth-order valence-electron chi connectivity index (χ4n) is 2.39. The lowest BCUT2D eigenvalue weighted by Crippen LogP contribution is -2.31. The molecule has 0 spiro atoms. The van der Waals surface area contributed by atoms with Gasteiger partial charge in [0.1, 0.15) is 11.9 Å². The molecule has 0 saturated heterocycles. The number of ether oxygens (including phenoxy) is 1. The Labute approximate surface area is 134 Å². The highest BCUT2D eigenvalue weighted by Crippen LogP contribution is 2.24. The summed E-state index contributed by atoms with van der Waals surface area (Å²) >= 11 is 0. The van der Waals surface area contributed by atoms with Crippen molar-refractivity contribution in [3.05, 3.63) is 36.0 Å². The highest BCUT2D eigenvalue weighted by molar-refractivity contribution is 5.99. The number of methoxy groups -OCH3 is 1. The summed E-state index contributed by atoms with van der Waals surface area (Å²) in [5.41, 5.74) is 0.395. The van der Waals surface area contributed by atoms with E-state index in [2.05, 4.69) is 10.3 Å². The highest BCUT2D eigenvalue weighted by atomic mass is 16.5. The van der Waals surface area contributed by atoms with E-state index in [0.717, 1.165) is 5.39 Å². The van der Waals surface area contributed by atoms with E-state index < -0.39 is 18.0 Å². The Morgan fingerprint density at radius 1 is 1.30 bits per heavy atom. The van der Waals surface area contributed by atoms with Gasteiger partial charge in [-0.05, 0) is 35.9 Å². The number of hydrogen-bond donors (Lipinski definition) is 2. The number of carbonyl (C=O) groups is 2. The molecule has 6 nitrogen and oxygen atoms in total. The first-order valence-corrected chi connectivity index (χ1v) is 7.38. The van der Waals surface area contributed by atoms with Crippen molar-refractivity contribution in [3.8, 4) is 0 Å². The molecule has 1 aromatic carbocycles. The largest absolute Gasteiger partial charge is 0.480 e. The van der Waals surface area contributed by atoms with Gasteiger partial charge in [0.05, 0.1) is 12.7 Å². The molecule has 0 aliphatic carbocycles. The highest BCUT2D eigenvalue weighted by Gasteiger charge is 2.20. The van der Waals surface area contributed by atoms with Crippen LogP contribution >= 0.6 is 0 Å². The summed E-state index contributed by atoms with van der Waals surface area (Å²) in [5.74, 6) is -0.703. The first kappa shape index (κ1) is 16.7. The molecule has 1 atom stereocenters. The number of aliphatic carboxylic acids is 1. The van der Waals surface area contributed by atoms with Crippen LogP contribution in [0.1, 0.15) is 30.6 Å². The van der Waals surface area contributed by atoms with Crippen LogP contribution in [0, 0.1) is 5.92 Å². The molecule has 23 heavy (non-hydrogen) atoms. The quantitative estimate of drug-likeness (QED) is 0.797. The molecule has 0 aliphatic rings. The summed E-state index contributed by atoms with van der Waals surface area (Å²) < 4.78 is 4.72. The average Bonchev–Trinajstić information content (AvgIpc) is 2.52. The van der Waals surface area contributed by atoms with Crippen LogP contribution in [0.15, 0.2) is 30.5 Å². The molecule has 1 heterocycles. The predicted octanol–water partition coefficient (Wildman–Crippen LogP) is 2.93. The number of esters is 1. The smallest absolute Gasteiger partial charge is 0.337 e. The van der Waals surface area contributed by atoms with Crippen LogP contribution in [-0.4, -0.2) is 35.2 Å². The number of rotatable bonds is 6. The van der Waals surface area contributed by atoms with Gasteiger partial charge in [0, 0.05) is 11.6 Å². The van der Waals surface area contributed by atoms with Gasteiger partial charge >= 0.3 is 11.9 Å². The number of fused-ring (bicyclic) bond motifs is 1. The van der Waals surface area contributed by atoms with Crippen molar-refractivity contribution in [1.82, 2.24) is 4.98 Å². The van der Waals surface area contributed by atoms with Crippen molar-refractivity contribution >= 4 is 28.5 Å². The summed E-state index contributed by atoms with van der Waals surface area (Å²) in [4.78, 5) is 27.4. The molecule has 0 bridgehead atoms. The molecule has 0 amide bonds. The van der Waals surface area contributed by atoms with Gasteiger partial charge in [-0.3, -0.25) is 0 Å². The van der Waals surface area contributed by atoms with E-state index in [0.29, 0.717) is 23.2 Å². The number of nitrogens with zero attached hydrogens (tertiary/aromatic N) is 1. The van der Waals surface area contributed by atoms with Crippen LogP contribution < -0.4 is 5.32 Å². The van der Waals surface area contributed by atoms with Crippen molar-refractivity contribution in [1.29, 1.82) is 0 Å². The summed E-state index contributed by atoms with van der Waals surface area (Å²) in [7, 11) is 1.32. The number of anilines is 1. The molecule has 2 rings (SSSR count). The number of nitrogens with one attached hydrogen (secondary N) is 1. The molecule has 0 radical (unpaired) electrons. The van der Waals surface area contributed by atoms with Gasteiger partial charge in [-0.1, -0.05) is 19.9 Å². The number of hydrogen-bond acceptors (Lipinski definition) is 5. The topological polar surface area (TPSA) is 88.5 Å². The van der Waals surface area contributed by atoms with Gasteiger partial charge in [0.25, 0.3) is 0 Å². The number of carboxylic acids is 1. The van der Waals surface area contributed by atoms with Crippen LogP contribution in [0.2, 0.25) is 0 Å². The zero-order valence-electron chi connectivity index (χ0n) is 13.4. The first-order valence-electron chi connectivity index (χ1n) is 7.38. The third kappa shape index (κ3) is 3.97. The van der Waals surface area contributed by atoms with E-state index in [1.165, 1.54) is 7.11 Å². The Morgan fingerprint density at radius 3 is 2.65 bits per heavy atom. The zero-order chi connectivity index (χ0) is 17.0. The third-order valence-corrected chi connectivity index (χ3v) is 3.50. The minimum atomic E-state index is -0.929. The molecular weight excluding hydrogens is 296 g/mol. The van der Waals surface area contributed by atoms with E-state index in [1.54, 1.807) is 30.5 Å². The average molecular weight is 316 g/mol. The fourth-order valence-corrected chi connectivity index (χ4v) is 2.39. The molecule has 2 N–H and O–H groups in total. The van der Waals surface area contributed by atoms with E-state index in [4.69, 9.17) is 4.74 Å². The van der Waals surface area contributed by atoms with Crippen LogP contribution in [0.25, 0.3) is 10.8 Å². The molecular formula is C17H20N2O4. The van der Waals surface area contributed by atoms with Crippen molar-refractivity contribution in [2.45, 2.75) is 26.3 Å². The Hall–Kier alpha value is -2.63. The Balaban J connectivity index is 2.42. The zero-order valence-corrected chi connectivity index (χ0v) is 13.4. The number of carboxylic acid groups (broad SMARTS) is 1. The molecule has 0 fully saturated rings. The summed E-state index contributed by atoms with van der Waals surface area (Å²) in [5, 5.41) is 13.9. The maximum absolute atomic E-state index is 11.7. The molecule has 6 heteroatoms. The van der Waals surface area contributed by atoms with Crippen LogP contribution in [0.4, 0.5) is 5.82 Å². The fraction of sp³-hybridized carbons (Fsp3) is 0.353. The Kier molecular flexibility index (Phi) is 5.16. The molecule has 1 unspecified atom stereocenters. The van der Waals surface area contributed by atoms with E-state index in [1.807, 2.05) is 13.8 Å². The molecule has 2 aromatic rings. The second kappa shape index (κ2) is 7.09. The third-order valence-electron chi connectivity index (χ3n) is 3.50. The van der Waals surface area contributed by atoms with Crippen LogP contribution in [-0.2, 0) is 9.53 Å². The summed E-state index contributed by atoms with van der Waals surface area (Å²) in [6, 6.07) is 6.17. The van der Waals surface area contributed by atoms with Gasteiger partial charge in [0.15, 0.2) is 0 Å². The second-order valence-corrected chi connectivity index (χ2v) is 5.75. The Bertz CT molecular complexity index is 728. The molecule has 0 aliphatic heterocycles. The lowest BCUT2D eigenvalue weighted by Gasteiger charge is -2.18. The number of pyridine rings is 1. The van der Waals surface area contributed by atoms with Crippen molar-refractivity contribution in [2.75, 3.05) is 12.4 Å². The van der Waals surface area contributed by atoms with Gasteiger partial charge in [-0.2, -0.15) is 0 Å². The second-order valence-electron chi connectivity index (χ2n) is 5.75. The lowest BCUT2D eigenvalue weighted by molar-refractivity contribution is -0.138. The van der Waals surface area contributed by atoms with Crippen molar-refractivity contribution < 1.29 is 19.4 Å². The van der Waals surface area contributed by atoms with Gasteiger partial charge < -0.3 is 15.2 Å². The van der Waals surface area contributed by atoms with Crippen molar-refractivity contribution in [3.63, 3.8) is 0 Å². The lowest BCUT2D eigenvalue weighted by atomic mass is 10.0. The Morgan fingerprint density at radius 2 is 2.04 bits per heavy atom. The van der Waals surface area contributed by atoms with Crippen LogP contribution in [0.5, 0.6) is 0 Å². The SMILES string of the molecule is COC(=O)c1ccc2ccnc(NC(CC(C)C)C(=O)O)c2c1. The first-order chi connectivity index (χ1) is 10.9. The molecule has 1 aromatic heterocycles. The number of carbonyl (C=O) groups excluding carboxylic acids is 1. The molecule has 0 saturated carbocycles. The van der Waals surface area contributed by atoms with Crippen molar-refractivity contribution in [2.24, 2.45) is 5.92 Å². The summed E-state index contributed by atoms with van der Waals surface area (Å²) in [6.07, 6.45) is 2.08. The molecule has 122 valence electrons. The maximum Gasteiger partial charge on any atom is 0.337 e. The van der Waals surface area contributed by atoms with E-state index >= 15 is 0 Å². The maximum atomic E-state index is 11.7. The monoisotopic (exact) mass is 316 g/mol. The summed E-state index contributed by atoms with van der Waals surface area (Å²) in [6.45, 7) is 3.92. The normalized spacial score (nSPS) is 12.2. The number of benzene rings is 1.